The molecule has 9 heteroatoms. The van der Waals surface area contributed by atoms with Gasteiger partial charge in [-0.1, -0.05) is 77.4 Å². The van der Waals surface area contributed by atoms with Gasteiger partial charge in [0, 0.05) is 11.4 Å². The number of rotatable bonds is 7. The summed E-state index contributed by atoms with van der Waals surface area (Å²) in [7, 11) is -3.57. The van der Waals surface area contributed by atoms with Crippen molar-refractivity contribution in [3.05, 3.63) is 100 Å². The number of aromatic nitrogens is 3. The number of nitrogens with zero attached hydrogens (tertiary/aromatic N) is 3. The van der Waals surface area contributed by atoms with E-state index >= 15 is 0 Å². The summed E-state index contributed by atoms with van der Waals surface area (Å²) in [5, 5.41) is 10.1. The van der Waals surface area contributed by atoms with Crippen molar-refractivity contribution in [3.8, 4) is 5.69 Å². The molecule has 0 amide bonds. The van der Waals surface area contributed by atoms with Gasteiger partial charge in [0.05, 0.1) is 14.9 Å². The summed E-state index contributed by atoms with van der Waals surface area (Å²) in [5.41, 5.74) is 1.77. The van der Waals surface area contributed by atoms with Gasteiger partial charge in [0.1, 0.15) is 5.75 Å². The zero-order valence-corrected chi connectivity index (χ0v) is 19.3. The van der Waals surface area contributed by atoms with E-state index in [1.54, 1.807) is 47.0 Å². The van der Waals surface area contributed by atoms with Crippen molar-refractivity contribution in [1.29, 1.82) is 0 Å². The fourth-order valence-electron chi connectivity index (χ4n) is 2.98. The summed E-state index contributed by atoms with van der Waals surface area (Å²) in [5.74, 6) is 0.672. The first kappa shape index (κ1) is 21.9. The van der Waals surface area contributed by atoms with Gasteiger partial charge in [0.25, 0.3) is 0 Å². The molecule has 158 valence electrons. The Morgan fingerprint density at radius 3 is 2.19 bits per heavy atom. The van der Waals surface area contributed by atoms with Crippen molar-refractivity contribution in [2.24, 2.45) is 0 Å². The van der Waals surface area contributed by atoms with Crippen LogP contribution in [0.3, 0.4) is 0 Å². The van der Waals surface area contributed by atoms with Crippen LogP contribution in [0.5, 0.6) is 0 Å². The molecular formula is C22H17Cl2N3O2S2. The van der Waals surface area contributed by atoms with Crippen molar-refractivity contribution in [3.63, 3.8) is 0 Å². The first-order valence-corrected chi connectivity index (χ1v) is 12.7. The minimum atomic E-state index is -3.57. The van der Waals surface area contributed by atoms with E-state index in [0.29, 0.717) is 26.8 Å². The van der Waals surface area contributed by atoms with Crippen molar-refractivity contribution in [2.75, 3.05) is 0 Å². The maximum atomic E-state index is 12.9. The van der Waals surface area contributed by atoms with Gasteiger partial charge in [-0.25, -0.2) is 8.42 Å². The number of benzene rings is 3. The molecule has 0 aliphatic heterocycles. The summed E-state index contributed by atoms with van der Waals surface area (Å²) < 4.78 is 27.6. The Balaban J connectivity index is 1.67. The number of halogens is 2. The van der Waals surface area contributed by atoms with E-state index in [2.05, 4.69) is 10.2 Å². The Kier molecular flexibility index (Phi) is 6.67. The van der Waals surface area contributed by atoms with Gasteiger partial charge in [-0.2, -0.15) is 0 Å². The van der Waals surface area contributed by atoms with E-state index in [4.69, 9.17) is 23.2 Å². The van der Waals surface area contributed by atoms with E-state index in [9.17, 15) is 8.42 Å². The topological polar surface area (TPSA) is 64.8 Å². The SMILES string of the molecule is O=S(=O)(Cc1nnc(SCc2ccc(Cl)c(Cl)c2)n1-c1ccccc1)c1ccccc1. The zero-order valence-electron chi connectivity index (χ0n) is 16.2. The fraction of sp³-hybridized carbons (Fsp3) is 0.0909. The molecule has 0 unspecified atom stereocenters. The van der Waals surface area contributed by atoms with Crippen molar-refractivity contribution < 1.29 is 8.42 Å². The summed E-state index contributed by atoms with van der Waals surface area (Å²) in [6.07, 6.45) is 0. The van der Waals surface area contributed by atoms with Gasteiger partial charge in [-0.3, -0.25) is 4.57 Å². The van der Waals surface area contributed by atoms with Crippen LogP contribution in [0.25, 0.3) is 5.69 Å². The van der Waals surface area contributed by atoms with Gasteiger partial charge in [-0.15, -0.1) is 10.2 Å². The molecule has 1 heterocycles. The second kappa shape index (κ2) is 9.44. The highest BCUT2D eigenvalue weighted by Crippen LogP contribution is 2.29. The van der Waals surface area contributed by atoms with Gasteiger partial charge in [0.15, 0.2) is 20.8 Å². The molecule has 0 fully saturated rings. The predicted molar refractivity (Wildman–Crippen MR) is 125 cm³/mol. The summed E-state index contributed by atoms with van der Waals surface area (Å²) in [6.45, 7) is 0. The number of thioether (sulfide) groups is 1. The molecule has 0 spiro atoms. The second-order valence-corrected chi connectivity index (χ2v) is 10.4. The molecule has 3 aromatic carbocycles. The van der Waals surface area contributed by atoms with E-state index in [1.165, 1.54) is 11.8 Å². The lowest BCUT2D eigenvalue weighted by Crippen LogP contribution is -2.11. The standard InChI is InChI=1S/C22H17Cl2N3O2S2/c23-19-12-11-16(13-20(19)24)14-30-22-26-25-21(27(22)17-7-3-1-4-8-17)15-31(28,29)18-9-5-2-6-10-18/h1-13H,14-15H2. The molecule has 0 atom stereocenters. The van der Waals surface area contributed by atoms with E-state index in [1.807, 2.05) is 36.4 Å². The summed E-state index contributed by atoms with van der Waals surface area (Å²) in [6, 6.07) is 23.3. The molecule has 0 aliphatic rings. The smallest absolute Gasteiger partial charge is 0.196 e. The van der Waals surface area contributed by atoms with Crippen molar-refractivity contribution in [2.45, 2.75) is 21.6 Å². The molecule has 0 saturated heterocycles. The third-order valence-electron chi connectivity index (χ3n) is 4.49. The largest absolute Gasteiger partial charge is 0.273 e. The molecule has 0 aliphatic carbocycles. The van der Waals surface area contributed by atoms with E-state index < -0.39 is 9.84 Å². The van der Waals surface area contributed by atoms with Gasteiger partial charge < -0.3 is 0 Å². The summed E-state index contributed by atoms with van der Waals surface area (Å²) in [4.78, 5) is 0.252. The normalized spacial score (nSPS) is 11.5. The maximum absolute atomic E-state index is 12.9. The third-order valence-corrected chi connectivity index (χ3v) is 7.86. The third kappa shape index (κ3) is 5.13. The Morgan fingerprint density at radius 2 is 1.52 bits per heavy atom. The van der Waals surface area contributed by atoms with Crippen LogP contribution in [-0.4, -0.2) is 23.2 Å². The zero-order chi connectivity index (χ0) is 21.8. The first-order chi connectivity index (χ1) is 14.9. The van der Waals surface area contributed by atoms with Gasteiger partial charge in [-0.05, 0) is 42.0 Å². The first-order valence-electron chi connectivity index (χ1n) is 9.28. The average Bonchev–Trinajstić information content (AvgIpc) is 3.17. The quantitative estimate of drug-likeness (QED) is 0.305. The maximum Gasteiger partial charge on any atom is 0.196 e. The average molecular weight is 490 g/mol. The van der Waals surface area contributed by atoms with Crippen molar-refractivity contribution in [1.82, 2.24) is 14.8 Å². The molecule has 4 aromatic rings. The van der Waals surface area contributed by atoms with Crippen LogP contribution >= 0.6 is 35.0 Å². The lowest BCUT2D eigenvalue weighted by Gasteiger charge is -2.11. The number of para-hydroxylation sites is 1. The van der Waals surface area contributed by atoms with E-state index in [-0.39, 0.29) is 10.6 Å². The number of hydrogen-bond acceptors (Lipinski definition) is 5. The Morgan fingerprint density at radius 1 is 0.839 bits per heavy atom. The van der Waals surface area contributed by atoms with Crippen LogP contribution in [0.2, 0.25) is 10.0 Å². The molecule has 4 rings (SSSR count). The molecule has 0 radical (unpaired) electrons. The molecule has 0 N–H and O–H groups in total. The summed E-state index contributed by atoms with van der Waals surface area (Å²) >= 11 is 13.6. The highest BCUT2D eigenvalue weighted by Gasteiger charge is 2.22. The van der Waals surface area contributed by atoms with Crippen LogP contribution < -0.4 is 0 Å². The molecule has 5 nitrogen and oxygen atoms in total. The molecular weight excluding hydrogens is 473 g/mol. The van der Waals surface area contributed by atoms with Crippen molar-refractivity contribution >= 4 is 44.8 Å². The Labute approximate surface area is 195 Å². The molecule has 31 heavy (non-hydrogen) atoms. The minimum Gasteiger partial charge on any atom is -0.273 e. The van der Waals surface area contributed by atoms with E-state index in [0.717, 1.165) is 11.3 Å². The molecule has 0 bridgehead atoms. The Bertz CT molecular complexity index is 1300. The minimum absolute atomic E-state index is 0.252. The lowest BCUT2D eigenvalue weighted by molar-refractivity contribution is 0.593. The van der Waals surface area contributed by atoms with Crippen LogP contribution in [-0.2, 0) is 21.3 Å². The van der Waals surface area contributed by atoms with Crippen LogP contribution in [0.4, 0.5) is 0 Å². The lowest BCUT2D eigenvalue weighted by atomic mass is 10.2. The second-order valence-electron chi connectivity index (χ2n) is 6.68. The van der Waals surface area contributed by atoms with Gasteiger partial charge in [0.2, 0.25) is 0 Å². The fourth-order valence-corrected chi connectivity index (χ4v) is 5.48. The van der Waals surface area contributed by atoms with Crippen LogP contribution in [0.1, 0.15) is 11.4 Å². The molecule has 1 aromatic heterocycles. The molecule has 0 saturated carbocycles. The number of hydrogen-bond donors (Lipinski definition) is 0. The van der Waals surface area contributed by atoms with Crippen LogP contribution in [0.15, 0.2) is 88.9 Å². The van der Waals surface area contributed by atoms with Gasteiger partial charge >= 0.3 is 0 Å². The highest BCUT2D eigenvalue weighted by atomic mass is 35.5. The predicted octanol–water partition coefficient (Wildman–Crippen LogP) is 5.84. The number of sulfone groups is 1. The monoisotopic (exact) mass is 489 g/mol. The van der Waals surface area contributed by atoms with Crippen LogP contribution in [0, 0.1) is 0 Å². The highest BCUT2D eigenvalue weighted by molar-refractivity contribution is 7.98. The Hall–Kier alpha value is -2.32.